The van der Waals surface area contributed by atoms with E-state index in [2.05, 4.69) is 10.4 Å². The highest BCUT2D eigenvalue weighted by molar-refractivity contribution is 6.30. The molecule has 0 atom stereocenters. The van der Waals surface area contributed by atoms with E-state index in [9.17, 15) is 9.18 Å². The summed E-state index contributed by atoms with van der Waals surface area (Å²) in [6, 6.07) is 12.8. The molecule has 0 aliphatic heterocycles. The van der Waals surface area contributed by atoms with Crippen LogP contribution in [-0.4, -0.2) is 15.7 Å². The van der Waals surface area contributed by atoms with E-state index in [1.165, 1.54) is 24.3 Å². The van der Waals surface area contributed by atoms with Crippen LogP contribution in [0.15, 0.2) is 60.9 Å². The van der Waals surface area contributed by atoms with Crippen molar-refractivity contribution in [1.82, 2.24) is 9.78 Å². The second kappa shape index (κ2) is 6.62. The Morgan fingerprint density at radius 1 is 1.13 bits per heavy atom. The van der Waals surface area contributed by atoms with Gasteiger partial charge in [-0.05, 0) is 42.0 Å². The molecule has 3 rings (SSSR count). The van der Waals surface area contributed by atoms with E-state index in [1.807, 2.05) is 24.3 Å². The molecule has 2 aromatic carbocycles. The van der Waals surface area contributed by atoms with Gasteiger partial charge >= 0.3 is 0 Å². The zero-order valence-electron chi connectivity index (χ0n) is 12.0. The van der Waals surface area contributed by atoms with Crippen LogP contribution in [0.25, 0.3) is 0 Å². The molecule has 23 heavy (non-hydrogen) atoms. The third-order valence-electron chi connectivity index (χ3n) is 3.26. The fraction of sp³-hybridized carbons (Fsp3) is 0.0588. The Morgan fingerprint density at radius 3 is 2.52 bits per heavy atom. The first-order valence-electron chi connectivity index (χ1n) is 6.94. The highest BCUT2D eigenvalue weighted by Crippen LogP contribution is 2.13. The van der Waals surface area contributed by atoms with Gasteiger partial charge in [-0.3, -0.25) is 9.48 Å². The average molecular weight is 330 g/mol. The van der Waals surface area contributed by atoms with Crippen LogP contribution in [0, 0.1) is 5.82 Å². The molecule has 0 saturated heterocycles. The van der Waals surface area contributed by atoms with Gasteiger partial charge in [0.05, 0.1) is 18.4 Å². The Bertz CT molecular complexity index is 813. The summed E-state index contributed by atoms with van der Waals surface area (Å²) < 4.78 is 14.6. The molecule has 1 aromatic heterocycles. The van der Waals surface area contributed by atoms with Crippen LogP contribution >= 0.6 is 11.6 Å². The minimum Gasteiger partial charge on any atom is -0.319 e. The van der Waals surface area contributed by atoms with Crippen molar-refractivity contribution < 1.29 is 9.18 Å². The number of carbonyl (C=O) groups excluding carboxylic acids is 1. The van der Waals surface area contributed by atoms with Crippen molar-refractivity contribution in [3.63, 3.8) is 0 Å². The Hall–Kier alpha value is -2.66. The van der Waals surface area contributed by atoms with Gasteiger partial charge in [-0.25, -0.2) is 4.39 Å². The summed E-state index contributed by atoms with van der Waals surface area (Å²) in [5.74, 6) is -0.687. The summed E-state index contributed by atoms with van der Waals surface area (Å²) in [5.41, 5.74) is 2.01. The number of nitrogens with one attached hydrogen (secondary N) is 1. The van der Waals surface area contributed by atoms with Gasteiger partial charge in [-0.2, -0.15) is 5.10 Å². The summed E-state index contributed by atoms with van der Waals surface area (Å²) >= 11 is 5.85. The van der Waals surface area contributed by atoms with Crippen LogP contribution in [0.5, 0.6) is 0 Å². The van der Waals surface area contributed by atoms with Crippen LogP contribution in [-0.2, 0) is 6.54 Å². The summed E-state index contributed by atoms with van der Waals surface area (Å²) in [5, 5.41) is 7.61. The first kappa shape index (κ1) is 15.2. The Balaban J connectivity index is 1.66. The third-order valence-corrected chi connectivity index (χ3v) is 3.51. The minimum absolute atomic E-state index is 0.309. The lowest BCUT2D eigenvalue weighted by molar-refractivity contribution is 0.102. The van der Waals surface area contributed by atoms with E-state index >= 15 is 0 Å². The number of rotatable bonds is 4. The van der Waals surface area contributed by atoms with Gasteiger partial charge in [0.25, 0.3) is 5.91 Å². The van der Waals surface area contributed by atoms with Crippen molar-refractivity contribution in [2.75, 3.05) is 5.32 Å². The van der Waals surface area contributed by atoms with E-state index in [0.29, 0.717) is 22.8 Å². The molecular weight excluding hydrogens is 317 g/mol. The molecule has 0 bridgehead atoms. The number of hydrogen-bond donors (Lipinski definition) is 1. The lowest BCUT2D eigenvalue weighted by Gasteiger charge is -2.03. The highest BCUT2D eigenvalue weighted by Gasteiger charge is 2.08. The molecule has 0 saturated carbocycles. The molecule has 0 radical (unpaired) electrons. The standard InChI is InChI=1S/C17H13ClFN3O/c18-14-5-1-12(2-6-14)10-22-11-16(9-20-22)21-17(23)13-3-7-15(19)8-4-13/h1-9,11H,10H2,(H,21,23). The lowest BCUT2D eigenvalue weighted by atomic mass is 10.2. The summed E-state index contributed by atoms with van der Waals surface area (Å²) in [7, 11) is 0. The normalized spacial score (nSPS) is 10.5. The van der Waals surface area contributed by atoms with Crippen LogP contribution in [0.3, 0.4) is 0 Å². The average Bonchev–Trinajstić information content (AvgIpc) is 2.97. The van der Waals surface area contributed by atoms with E-state index in [0.717, 1.165) is 5.56 Å². The molecule has 1 amide bonds. The van der Waals surface area contributed by atoms with E-state index in [-0.39, 0.29) is 11.7 Å². The molecule has 0 spiro atoms. The summed E-state index contributed by atoms with van der Waals surface area (Å²) in [6.07, 6.45) is 3.30. The number of aromatic nitrogens is 2. The van der Waals surface area contributed by atoms with Crippen LogP contribution in [0.2, 0.25) is 5.02 Å². The summed E-state index contributed by atoms with van der Waals surface area (Å²) in [6.45, 7) is 0.573. The van der Waals surface area contributed by atoms with E-state index in [1.54, 1.807) is 17.1 Å². The molecule has 3 aromatic rings. The maximum absolute atomic E-state index is 12.9. The molecule has 0 unspecified atom stereocenters. The van der Waals surface area contributed by atoms with Crippen molar-refractivity contribution in [3.05, 3.63) is 82.9 Å². The van der Waals surface area contributed by atoms with E-state index < -0.39 is 0 Å². The molecule has 1 N–H and O–H groups in total. The van der Waals surface area contributed by atoms with E-state index in [4.69, 9.17) is 11.6 Å². The molecule has 6 heteroatoms. The van der Waals surface area contributed by atoms with Crippen molar-refractivity contribution in [3.8, 4) is 0 Å². The van der Waals surface area contributed by atoms with Gasteiger partial charge in [0.2, 0.25) is 0 Å². The monoisotopic (exact) mass is 329 g/mol. The molecule has 4 nitrogen and oxygen atoms in total. The van der Waals surface area contributed by atoms with Crippen molar-refractivity contribution in [2.45, 2.75) is 6.54 Å². The number of hydrogen-bond acceptors (Lipinski definition) is 2. The molecule has 0 aliphatic rings. The van der Waals surface area contributed by atoms with Gasteiger partial charge in [-0.15, -0.1) is 0 Å². The van der Waals surface area contributed by atoms with Gasteiger partial charge < -0.3 is 5.32 Å². The zero-order chi connectivity index (χ0) is 16.2. The van der Waals surface area contributed by atoms with Gasteiger partial charge in [-0.1, -0.05) is 23.7 Å². The SMILES string of the molecule is O=C(Nc1cnn(Cc2ccc(Cl)cc2)c1)c1ccc(F)cc1. The second-order valence-electron chi connectivity index (χ2n) is 5.01. The maximum atomic E-state index is 12.9. The second-order valence-corrected chi connectivity index (χ2v) is 5.45. The van der Waals surface area contributed by atoms with Crippen molar-refractivity contribution in [2.24, 2.45) is 0 Å². The number of anilines is 1. The number of carbonyl (C=O) groups is 1. The lowest BCUT2D eigenvalue weighted by Crippen LogP contribution is -2.11. The van der Waals surface area contributed by atoms with Gasteiger partial charge in [0, 0.05) is 16.8 Å². The molecule has 116 valence electrons. The predicted molar refractivity (Wildman–Crippen MR) is 87.1 cm³/mol. The molecule has 1 heterocycles. The number of nitrogens with zero attached hydrogens (tertiary/aromatic N) is 2. The molecular formula is C17H13ClFN3O. The molecule has 0 fully saturated rings. The minimum atomic E-state index is -0.377. The molecule has 0 aliphatic carbocycles. The smallest absolute Gasteiger partial charge is 0.255 e. The topological polar surface area (TPSA) is 46.9 Å². The number of benzene rings is 2. The van der Waals surface area contributed by atoms with Crippen LogP contribution in [0.4, 0.5) is 10.1 Å². The fourth-order valence-corrected chi connectivity index (χ4v) is 2.22. The van der Waals surface area contributed by atoms with Crippen molar-refractivity contribution in [1.29, 1.82) is 0 Å². The Labute approximate surface area is 137 Å². The zero-order valence-corrected chi connectivity index (χ0v) is 12.8. The predicted octanol–water partition coefficient (Wildman–Crippen LogP) is 3.98. The fourth-order valence-electron chi connectivity index (χ4n) is 2.10. The largest absolute Gasteiger partial charge is 0.319 e. The highest BCUT2D eigenvalue weighted by atomic mass is 35.5. The number of amides is 1. The maximum Gasteiger partial charge on any atom is 0.255 e. The van der Waals surface area contributed by atoms with Crippen LogP contribution in [0.1, 0.15) is 15.9 Å². The van der Waals surface area contributed by atoms with Gasteiger partial charge in [0.15, 0.2) is 0 Å². The third kappa shape index (κ3) is 3.96. The Kier molecular flexibility index (Phi) is 4.39. The van der Waals surface area contributed by atoms with Crippen molar-refractivity contribution >= 4 is 23.2 Å². The van der Waals surface area contributed by atoms with Gasteiger partial charge in [0.1, 0.15) is 5.82 Å². The number of halogens is 2. The first-order chi connectivity index (χ1) is 11.1. The quantitative estimate of drug-likeness (QED) is 0.787. The van der Waals surface area contributed by atoms with Crippen LogP contribution < -0.4 is 5.32 Å². The summed E-state index contributed by atoms with van der Waals surface area (Å²) in [4.78, 5) is 12.0. The first-order valence-corrected chi connectivity index (χ1v) is 7.32. The Morgan fingerprint density at radius 2 is 1.83 bits per heavy atom.